The number of carbonyl (C=O) groups is 1. The van der Waals surface area contributed by atoms with Gasteiger partial charge in [-0.3, -0.25) is 4.79 Å². The van der Waals surface area contributed by atoms with Crippen LogP contribution in [0, 0.1) is 5.92 Å². The summed E-state index contributed by atoms with van der Waals surface area (Å²) < 4.78 is 2.19. The van der Waals surface area contributed by atoms with E-state index in [1.807, 2.05) is 25.5 Å². The summed E-state index contributed by atoms with van der Waals surface area (Å²) in [6, 6.07) is 5.41. The maximum Gasteiger partial charge on any atom is 0.253 e. The Balaban J connectivity index is 1.46. The van der Waals surface area contributed by atoms with E-state index in [0.29, 0.717) is 17.0 Å². The van der Waals surface area contributed by atoms with Gasteiger partial charge >= 0.3 is 0 Å². The number of H-pyrrole nitrogens is 1. The lowest BCUT2D eigenvalue weighted by Crippen LogP contribution is -2.35. The summed E-state index contributed by atoms with van der Waals surface area (Å²) in [7, 11) is 1.86. The number of rotatable bonds is 3. The Bertz CT molecular complexity index is 851. The minimum absolute atomic E-state index is 0.0197. The quantitative estimate of drug-likeness (QED) is 0.795. The van der Waals surface area contributed by atoms with Gasteiger partial charge in [-0.25, -0.2) is 4.98 Å². The molecule has 1 aliphatic rings. The highest BCUT2D eigenvalue weighted by Crippen LogP contribution is 2.20. The van der Waals surface area contributed by atoms with Gasteiger partial charge in [-0.1, -0.05) is 0 Å². The number of benzene rings is 1. The van der Waals surface area contributed by atoms with Crippen molar-refractivity contribution < 1.29 is 4.79 Å². The van der Waals surface area contributed by atoms with Crippen LogP contribution in [0.15, 0.2) is 30.6 Å². The molecule has 0 unspecified atom stereocenters. The van der Waals surface area contributed by atoms with Gasteiger partial charge in [0.2, 0.25) is 0 Å². The number of aryl methyl sites for hydroxylation is 1. The number of nitrogens with zero attached hydrogens (tertiary/aromatic N) is 5. The van der Waals surface area contributed by atoms with Crippen molar-refractivity contribution in [3.05, 3.63) is 42.0 Å². The van der Waals surface area contributed by atoms with Crippen LogP contribution in [0.25, 0.3) is 11.0 Å². The Kier molecular flexibility index (Phi) is 3.33. The first kappa shape index (κ1) is 13.9. The van der Waals surface area contributed by atoms with E-state index in [1.165, 1.54) is 0 Å². The molecule has 0 spiro atoms. The first-order valence-electron chi connectivity index (χ1n) is 7.77. The van der Waals surface area contributed by atoms with Crippen molar-refractivity contribution in [2.24, 2.45) is 5.92 Å². The van der Waals surface area contributed by atoms with Gasteiger partial charge in [-0.2, -0.15) is 15.4 Å². The second-order valence-corrected chi connectivity index (χ2v) is 6.11. The number of hydrogen-bond acceptors (Lipinski definition) is 4. The molecular formula is C16H18N6O. The van der Waals surface area contributed by atoms with Gasteiger partial charge in [0.1, 0.15) is 16.9 Å². The summed E-state index contributed by atoms with van der Waals surface area (Å²) in [6.07, 6.45) is 5.91. The number of carbonyl (C=O) groups excluding carboxylic acids is 1. The first-order chi connectivity index (χ1) is 11.2. The van der Waals surface area contributed by atoms with Gasteiger partial charge in [0.15, 0.2) is 0 Å². The summed E-state index contributed by atoms with van der Waals surface area (Å²) in [5, 5.41) is 10.6. The zero-order chi connectivity index (χ0) is 15.8. The van der Waals surface area contributed by atoms with Crippen molar-refractivity contribution in [3.8, 4) is 0 Å². The van der Waals surface area contributed by atoms with E-state index in [-0.39, 0.29) is 5.91 Å². The molecule has 1 N–H and O–H groups in total. The number of hydrogen-bond donors (Lipinski definition) is 1. The molecule has 0 saturated heterocycles. The molecule has 1 aromatic carbocycles. The normalized spacial score (nSPS) is 17.2. The topological polar surface area (TPSA) is 79.7 Å². The molecule has 0 fully saturated rings. The number of fused-ring (bicyclic) bond motifs is 2. The molecule has 1 amide bonds. The Morgan fingerprint density at radius 3 is 3.17 bits per heavy atom. The molecule has 7 heteroatoms. The molecule has 1 aliphatic heterocycles. The van der Waals surface area contributed by atoms with Gasteiger partial charge in [-0.15, -0.1) is 0 Å². The third-order valence-corrected chi connectivity index (χ3v) is 4.47. The largest absolute Gasteiger partial charge is 0.341 e. The fraction of sp³-hybridized carbons (Fsp3) is 0.375. The van der Waals surface area contributed by atoms with Crippen LogP contribution in [0.2, 0.25) is 0 Å². The van der Waals surface area contributed by atoms with Gasteiger partial charge in [0.25, 0.3) is 5.91 Å². The molecule has 23 heavy (non-hydrogen) atoms. The van der Waals surface area contributed by atoms with Crippen LogP contribution in [0.3, 0.4) is 0 Å². The molecule has 3 aromatic rings. The molecule has 4 rings (SSSR count). The Morgan fingerprint density at radius 2 is 2.26 bits per heavy atom. The van der Waals surface area contributed by atoms with E-state index in [0.717, 1.165) is 37.3 Å². The van der Waals surface area contributed by atoms with Gasteiger partial charge < -0.3 is 9.47 Å². The second-order valence-electron chi connectivity index (χ2n) is 6.11. The minimum Gasteiger partial charge on any atom is -0.341 e. The Morgan fingerprint density at radius 1 is 1.39 bits per heavy atom. The number of imidazole rings is 1. The van der Waals surface area contributed by atoms with Gasteiger partial charge in [0.05, 0.1) is 0 Å². The van der Waals surface area contributed by atoms with E-state index >= 15 is 0 Å². The SMILES string of the molecule is CN(C[C@H]1CCc2nccn2C1)C(=O)c1ccc2n[nH]nc2c1. The highest BCUT2D eigenvalue weighted by molar-refractivity contribution is 5.97. The lowest BCUT2D eigenvalue weighted by atomic mass is 9.98. The van der Waals surface area contributed by atoms with E-state index in [1.54, 1.807) is 17.0 Å². The predicted molar refractivity (Wildman–Crippen MR) is 84.9 cm³/mol. The van der Waals surface area contributed by atoms with Crippen LogP contribution in [0.5, 0.6) is 0 Å². The smallest absolute Gasteiger partial charge is 0.253 e. The Hall–Kier alpha value is -2.70. The molecule has 0 saturated carbocycles. The molecule has 0 aliphatic carbocycles. The van der Waals surface area contributed by atoms with Crippen LogP contribution in [0.1, 0.15) is 22.6 Å². The van der Waals surface area contributed by atoms with Crippen LogP contribution >= 0.6 is 0 Å². The fourth-order valence-corrected chi connectivity index (χ4v) is 3.25. The summed E-state index contributed by atoms with van der Waals surface area (Å²) in [6.45, 7) is 1.67. The average molecular weight is 310 g/mol. The molecule has 1 atom stereocenters. The molecule has 7 nitrogen and oxygen atoms in total. The number of aromatic nitrogens is 5. The second kappa shape index (κ2) is 5.49. The Labute approximate surface area is 133 Å². The molecule has 0 bridgehead atoms. The van der Waals surface area contributed by atoms with E-state index < -0.39 is 0 Å². The van der Waals surface area contributed by atoms with Crippen LogP contribution in [-0.4, -0.2) is 49.4 Å². The lowest BCUT2D eigenvalue weighted by Gasteiger charge is -2.28. The highest BCUT2D eigenvalue weighted by atomic mass is 16.2. The van der Waals surface area contributed by atoms with E-state index in [9.17, 15) is 4.79 Å². The molecule has 118 valence electrons. The molecule has 2 aromatic heterocycles. The minimum atomic E-state index is 0.0197. The van der Waals surface area contributed by atoms with Crippen molar-refractivity contribution in [1.82, 2.24) is 29.9 Å². The summed E-state index contributed by atoms with van der Waals surface area (Å²) >= 11 is 0. The van der Waals surface area contributed by atoms with E-state index in [2.05, 4.69) is 25.0 Å². The van der Waals surface area contributed by atoms with Gasteiger partial charge in [-0.05, 0) is 30.5 Å². The van der Waals surface area contributed by atoms with E-state index in [4.69, 9.17) is 0 Å². The molecule has 0 radical (unpaired) electrons. The van der Waals surface area contributed by atoms with Crippen LogP contribution in [-0.2, 0) is 13.0 Å². The zero-order valence-corrected chi connectivity index (χ0v) is 12.9. The maximum absolute atomic E-state index is 12.6. The summed E-state index contributed by atoms with van der Waals surface area (Å²) in [4.78, 5) is 18.8. The summed E-state index contributed by atoms with van der Waals surface area (Å²) in [5.74, 6) is 1.62. The van der Waals surface area contributed by atoms with Crippen molar-refractivity contribution in [3.63, 3.8) is 0 Å². The lowest BCUT2D eigenvalue weighted by molar-refractivity contribution is 0.0760. The molecular weight excluding hydrogens is 292 g/mol. The number of aromatic amines is 1. The van der Waals surface area contributed by atoms with Crippen molar-refractivity contribution in [2.45, 2.75) is 19.4 Å². The monoisotopic (exact) mass is 310 g/mol. The zero-order valence-electron chi connectivity index (χ0n) is 12.9. The number of nitrogens with one attached hydrogen (secondary N) is 1. The summed E-state index contributed by atoms with van der Waals surface area (Å²) in [5.41, 5.74) is 2.13. The number of amides is 1. The van der Waals surface area contributed by atoms with Crippen LogP contribution in [0.4, 0.5) is 0 Å². The average Bonchev–Trinajstić information content (AvgIpc) is 3.21. The predicted octanol–water partition coefficient (Wildman–Crippen LogP) is 1.49. The third-order valence-electron chi connectivity index (χ3n) is 4.47. The van der Waals surface area contributed by atoms with Gasteiger partial charge in [0, 0.05) is 44.5 Å². The van der Waals surface area contributed by atoms with Crippen molar-refractivity contribution >= 4 is 16.9 Å². The molecule has 3 heterocycles. The highest BCUT2D eigenvalue weighted by Gasteiger charge is 2.22. The third kappa shape index (κ3) is 2.58. The first-order valence-corrected chi connectivity index (χ1v) is 7.77. The van der Waals surface area contributed by atoms with Crippen molar-refractivity contribution in [1.29, 1.82) is 0 Å². The maximum atomic E-state index is 12.6. The van der Waals surface area contributed by atoms with Crippen molar-refractivity contribution in [2.75, 3.05) is 13.6 Å². The van der Waals surface area contributed by atoms with Crippen LogP contribution < -0.4 is 0 Å². The fourth-order valence-electron chi connectivity index (χ4n) is 3.25. The standard InChI is InChI=1S/C16H18N6O/c1-21(9-11-2-5-15-17-6-7-22(15)10-11)16(23)12-3-4-13-14(8-12)19-20-18-13/h3-4,6-8,11H,2,5,9-10H2,1H3,(H,18,19,20)/t11-/m1/s1.